The fourth-order valence-electron chi connectivity index (χ4n) is 2.26. The number of ether oxygens (including phenoxy) is 1. The summed E-state index contributed by atoms with van der Waals surface area (Å²) < 4.78 is 43.4. The van der Waals surface area contributed by atoms with Gasteiger partial charge in [0.2, 0.25) is 10.0 Å². The molecular weight excluding hydrogens is 347 g/mol. The fraction of sp³-hybridized carbons (Fsp3) is 0.235. The zero-order valence-corrected chi connectivity index (χ0v) is 14.7. The maximum atomic E-state index is 13.4. The predicted octanol–water partition coefficient (Wildman–Crippen LogP) is 2.03. The molecule has 2 aromatic rings. The van der Waals surface area contributed by atoms with Crippen LogP contribution >= 0.6 is 0 Å². The molecule has 0 heterocycles. The highest BCUT2D eigenvalue weighted by molar-refractivity contribution is 7.92. The van der Waals surface area contributed by atoms with Crippen LogP contribution in [0.1, 0.15) is 10.4 Å². The highest BCUT2D eigenvalue weighted by atomic mass is 32.2. The van der Waals surface area contributed by atoms with Crippen LogP contribution in [0.5, 0.6) is 5.75 Å². The summed E-state index contributed by atoms with van der Waals surface area (Å²) in [5, 5.41) is 2.64. The monoisotopic (exact) mass is 366 g/mol. The number of sulfonamides is 1. The zero-order valence-electron chi connectivity index (χ0n) is 13.9. The molecule has 0 aliphatic carbocycles. The highest BCUT2D eigenvalue weighted by Gasteiger charge is 2.18. The number of hydrogen-bond donors (Lipinski definition) is 1. The Morgan fingerprint density at radius 2 is 1.92 bits per heavy atom. The molecule has 0 fully saturated rings. The van der Waals surface area contributed by atoms with E-state index in [2.05, 4.69) is 5.32 Å². The van der Waals surface area contributed by atoms with Gasteiger partial charge in [0.05, 0.1) is 25.6 Å². The average molecular weight is 366 g/mol. The number of halogens is 1. The maximum Gasteiger partial charge on any atom is 0.251 e. The molecular formula is C17H19FN2O4S. The number of nitrogens with one attached hydrogen (secondary N) is 1. The van der Waals surface area contributed by atoms with Crippen LogP contribution in [0.2, 0.25) is 0 Å². The van der Waals surface area contributed by atoms with E-state index in [1.807, 2.05) is 0 Å². The van der Waals surface area contributed by atoms with Crippen molar-refractivity contribution in [3.63, 3.8) is 0 Å². The number of carbonyl (C=O) groups is 1. The average Bonchev–Trinajstić information content (AvgIpc) is 2.57. The van der Waals surface area contributed by atoms with E-state index < -0.39 is 15.8 Å². The van der Waals surface area contributed by atoms with Crippen molar-refractivity contribution in [1.29, 1.82) is 0 Å². The zero-order chi connectivity index (χ0) is 18.4. The summed E-state index contributed by atoms with van der Waals surface area (Å²) in [6.07, 6.45) is 1.03. The summed E-state index contributed by atoms with van der Waals surface area (Å²) in [6, 6.07) is 11.9. The van der Waals surface area contributed by atoms with E-state index in [-0.39, 0.29) is 24.7 Å². The minimum absolute atomic E-state index is 0.0159. The molecule has 0 atom stereocenters. The number of benzene rings is 2. The summed E-state index contributed by atoms with van der Waals surface area (Å²) in [6.45, 7) is 0.0532. The van der Waals surface area contributed by atoms with Gasteiger partial charge in [0, 0.05) is 12.1 Å². The third kappa shape index (κ3) is 5.18. The first kappa shape index (κ1) is 18.7. The molecule has 6 nitrogen and oxygen atoms in total. The minimum Gasteiger partial charge on any atom is -0.497 e. The Labute approximate surface area is 146 Å². The van der Waals surface area contributed by atoms with Gasteiger partial charge in [-0.25, -0.2) is 12.8 Å². The summed E-state index contributed by atoms with van der Waals surface area (Å²) in [5.74, 6) is -0.344. The van der Waals surface area contributed by atoms with Gasteiger partial charge in [-0.3, -0.25) is 9.10 Å². The Hall–Kier alpha value is -2.61. The Balaban J connectivity index is 2.05. The maximum absolute atomic E-state index is 13.4. The third-order valence-corrected chi connectivity index (χ3v) is 4.62. The van der Waals surface area contributed by atoms with Crippen LogP contribution in [0.3, 0.4) is 0 Å². The Kier molecular flexibility index (Phi) is 5.97. The van der Waals surface area contributed by atoms with Crippen molar-refractivity contribution in [2.24, 2.45) is 0 Å². The number of anilines is 1. The number of hydrogen-bond acceptors (Lipinski definition) is 4. The second kappa shape index (κ2) is 7.98. The minimum atomic E-state index is -3.61. The van der Waals surface area contributed by atoms with Crippen molar-refractivity contribution in [2.45, 2.75) is 0 Å². The number of amides is 1. The van der Waals surface area contributed by atoms with Gasteiger partial charge in [-0.15, -0.1) is 0 Å². The van der Waals surface area contributed by atoms with Crippen LogP contribution in [-0.2, 0) is 10.0 Å². The molecule has 0 saturated heterocycles. The molecule has 134 valence electrons. The van der Waals surface area contributed by atoms with Crippen molar-refractivity contribution in [3.8, 4) is 5.75 Å². The van der Waals surface area contributed by atoms with Crippen molar-refractivity contribution in [3.05, 3.63) is 59.9 Å². The van der Waals surface area contributed by atoms with E-state index in [1.54, 1.807) is 24.3 Å². The molecule has 0 aromatic heterocycles. The first-order valence-electron chi connectivity index (χ1n) is 7.47. The summed E-state index contributed by atoms with van der Waals surface area (Å²) in [7, 11) is -2.11. The highest BCUT2D eigenvalue weighted by Crippen LogP contribution is 2.18. The Morgan fingerprint density at radius 1 is 1.20 bits per heavy atom. The lowest BCUT2D eigenvalue weighted by Crippen LogP contribution is -2.38. The number of nitrogens with zero attached hydrogens (tertiary/aromatic N) is 1. The molecule has 8 heteroatoms. The van der Waals surface area contributed by atoms with Gasteiger partial charge < -0.3 is 10.1 Å². The lowest BCUT2D eigenvalue weighted by molar-refractivity contribution is 0.0954. The molecule has 0 saturated carbocycles. The van der Waals surface area contributed by atoms with Crippen molar-refractivity contribution in [2.75, 3.05) is 30.8 Å². The molecule has 0 unspecified atom stereocenters. The lowest BCUT2D eigenvalue weighted by Gasteiger charge is -2.22. The summed E-state index contributed by atoms with van der Waals surface area (Å²) in [5.41, 5.74) is 0.606. The first-order valence-corrected chi connectivity index (χ1v) is 9.31. The van der Waals surface area contributed by atoms with Gasteiger partial charge in [0.15, 0.2) is 0 Å². The topological polar surface area (TPSA) is 75.7 Å². The SMILES string of the molecule is COc1cccc(C(=O)NCCN(c2cccc(F)c2)S(C)(=O)=O)c1. The van der Waals surface area contributed by atoms with Crippen LogP contribution in [0.4, 0.5) is 10.1 Å². The van der Waals surface area contributed by atoms with E-state index >= 15 is 0 Å². The first-order chi connectivity index (χ1) is 11.8. The van der Waals surface area contributed by atoms with Crippen molar-refractivity contribution >= 4 is 21.6 Å². The van der Waals surface area contributed by atoms with Gasteiger partial charge >= 0.3 is 0 Å². The molecule has 0 spiro atoms. The normalized spacial score (nSPS) is 11.0. The Morgan fingerprint density at radius 3 is 2.56 bits per heavy atom. The number of methoxy groups -OCH3 is 1. The standard InChI is InChI=1S/C17H19FN2O4S/c1-24-16-8-3-5-13(11-16)17(21)19-9-10-20(25(2,22)23)15-7-4-6-14(18)12-15/h3-8,11-12H,9-10H2,1-2H3,(H,19,21). The van der Waals surface area contributed by atoms with Crippen LogP contribution in [0, 0.1) is 5.82 Å². The third-order valence-electron chi connectivity index (χ3n) is 3.43. The molecule has 0 aliphatic rings. The molecule has 25 heavy (non-hydrogen) atoms. The van der Waals surface area contributed by atoms with E-state index in [0.717, 1.165) is 16.6 Å². The van der Waals surface area contributed by atoms with Crippen LogP contribution in [-0.4, -0.2) is 40.8 Å². The lowest BCUT2D eigenvalue weighted by atomic mass is 10.2. The summed E-state index contributed by atoms with van der Waals surface area (Å²) in [4.78, 5) is 12.1. The van der Waals surface area contributed by atoms with Crippen molar-refractivity contribution in [1.82, 2.24) is 5.32 Å². The molecule has 0 radical (unpaired) electrons. The number of rotatable bonds is 7. The smallest absolute Gasteiger partial charge is 0.251 e. The molecule has 2 aromatic carbocycles. The van der Waals surface area contributed by atoms with Crippen molar-refractivity contribution < 1.29 is 22.3 Å². The van der Waals surface area contributed by atoms with Gasteiger partial charge in [0.1, 0.15) is 11.6 Å². The second-order valence-corrected chi connectivity index (χ2v) is 7.21. The second-order valence-electron chi connectivity index (χ2n) is 5.30. The van der Waals surface area contributed by atoms with Gasteiger partial charge in [-0.05, 0) is 36.4 Å². The summed E-state index contributed by atoms with van der Waals surface area (Å²) >= 11 is 0. The molecule has 0 bridgehead atoms. The van der Waals surface area contributed by atoms with Gasteiger partial charge in [-0.1, -0.05) is 12.1 Å². The van der Waals surface area contributed by atoms with E-state index in [1.165, 1.54) is 25.3 Å². The molecule has 1 amide bonds. The molecule has 0 aliphatic heterocycles. The largest absolute Gasteiger partial charge is 0.497 e. The van der Waals surface area contributed by atoms with Crippen LogP contribution in [0.25, 0.3) is 0 Å². The Bertz CT molecular complexity index is 855. The predicted molar refractivity (Wildman–Crippen MR) is 93.9 cm³/mol. The number of carbonyl (C=O) groups excluding carboxylic acids is 1. The van der Waals surface area contributed by atoms with Gasteiger partial charge in [-0.2, -0.15) is 0 Å². The molecule has 1 N–H and O–H groups in total. The van der Waals surface area contributed by atoms with Gasteiger partial charge in [0.25, 0.3) is 5.91 Å². The van der Waals surface area contributed by atoms with Crippen LogP contribution in [0.15, 0.2) is 48.5 Å². The molecule has 2 rings (SSSR count). The fourth-order valence-corrected chi connectivity index (χ4v) is 3.17. The quantitative estimate of drug-likeness (QED) is 0.814. The van der Waals surface area contributed by atoms with Crippen LogP contribution < -0.4 is 14.4 Å². The van der Waals surface area contributed by atoms with E-state index in [4.69, 9.17) is 4.74 Å². The van der Waals surface area contributed by atoms with E-state index in [0.29, 0.717) is 11.3 Å². The van der Waals surface area contributed by atoms with E-state index in [9.17, 15) is 17.6 Å².